The molecule has 5 rings (SSSR count). The zero-order chi connectivity index (χ0) is 23.7. The minimum Gasteiger partial charge on any atom is -0.462 e. The summed E-state index contributed by atoms with van der Waals surface area (Å²) < 4.78 is 34.1. The summed E-state index contributed by atoms with van der Waals surface area (Å²) in [4.78, 5) is 13.1. The fourth-order valence-corrected chi connectivity index (χ4v) is 5.98. The molecule has 34 heavy (non-hydrogen) atoms. The van der Waals surface area contributed by atoms with E-state index in [1.54, 1.807) is 25.1 Å². The molecule has 1 aliphatic heterocycles. The van der Waals surface area contributed by atoms with E-state index in [0.29, 0.717) is 21.7 Å². The summed E-state index contributed by atoms with van der Waals surface area (Å²) in [5.41, 5.74) is 4.56. The summed E-state index contributed by atoms with van der Waals surface area (Å²) in [6.45, 7) is 1.97. The number of thiophene rings is 1. The topological polar surface area (TPSA) is 84.8 Å². The fourth-order valence-electron chi connectivity index (χ4n) is 3.84. The van der Waals surface area contributed by atoms with Gasteiger partial charge in [0.25, 0.3) is 10.0 Å². The first-order valence-electron chi connectivity index (χ1n) is 10.6. The first-order valence-corrected chi connectivity index (χ1v) is 13.0. The highest BCUT2D eigenvalue weighted by molar-refractivity contribution is 7.90. The van der Waals surface area contributed by atoms with E-state index < -0.39 is 16.0 Å². The predicted molar refractivity (Wildman–Crippen MR) is 135 cm³/mol. The van der Waals surface area contributed by atoms with Gasteiger partial charge in [0.15, 0.2) is 5.84 Å². The molecule has 1 N–H and O–H groups in total. The Balaban J connectivity index is 1.54. The highest BCUT2D eigenvalue weighted by Gasteiger charge is 2.30. The third-order valence-electron chi connectivity index (χ3n) is 5.44. The summed E-state index contributed by atoms with van der Waals surface area (Å²) in [6.07, 6.45) is 0. The second-order valence-corrected chi connectivity index (χ2v) is 10.0. The summed E-state index contributed by atoms with van der Waals surface area (Å²) in [5, 5.41) is 5.42. The number of sulfonamides is 1. The Hall–Kier alpha value is -3.75. The van der Waals surface area contributed by atoms with Gasteiger partial charge in [0, 0.05) is 16.5 Å². The number of nitrogens with zero attached hydrogens (tertiary/aromatic N) is 1. The maximum absolute atomic E-state index is 12.9. The molecule has 0 spiro atoms. The number of benzene rings is 3. The summed E-state index contributed by atoms with van der Waals surface area (Å²) in [5.74, 6) is -0.294. The Morgan fingerprint density at radius 1 is 0.882 bits per heavy atom. The van der Waals surface area contributed by atoms with E-state index in [-0.39, 0.29) is 17.3 Å². The third kappa shape index (κ3) is 4.02. The van der Waals surface area contributed by atoms with Gasteiger partial charge in [-0.1, -0.05) is 66.7 Å². The average Bonchev–Trinajstić information content (AvgIpc) is 3.38. The van der Waals surface area contributed by atoms with Gasteiger partial charge in [-0.3, -0.25) is 0 Å². The fraction of sp³-hybridized carbons (Fsp3) is 0.0769. The van der Waals surface area contributed by atoms with Crippen LogP contribution in [0, 0.1) is 0 Å². The number of carbonyl (C=O) groups excluding carboxylic acids is 1. The molecule has 0 saturated carbocycles. The highest BCUT2D eigenvalue weighted by Crippen LogP contribution is 2.38. The van der Waals surface area contributed by atoms with Crippen molar-refractivity contribution >= 4 is 38.2 Å². The van der Waals surface area contributed by atoms with Gasteiger partial charge >= 0.3 is 5.97 Å². The lowest BCUT2D eigenvalue weighted by Gasteiger charge is -2.10. The van der Waals surface area contributed by atoms with Crippen molar-refractivity contribution in [2.75, 3.05) is 11.9 Å². The molecular formula is C26H20N2O4S2. The molecule has 0 unspecified atom stereocenters. The van der Waals surface area contributed by atoms with Gasteiger partial charge in [-0.25, -0.2) is 4.79 Å². The number of rotatable bonds is 5. The van der Waals surface area contributed by atoms with Crippen molar-refractivity contribution in [2.24, 2.45) is 4.40 Å². The number of hydrogen-bond donors (Lipinski definition) is 1. The Labute approximate surface area is 201 Å². The molecule has 6 nitrogen and oxygen atoms in total. The lowest BCUT2D eigenvalue weighted by Crippen LogP contribution is -2.14. The van der Waals surface area contributed by atoms with E-state index in [2.05, 4.69) is 9.71 Å². The van der Waals surface area contributed by atoms with E-state index >= 15 is 0 Å². The standard InChI is InChI=1S/C26H20N2O4S2/c1-2-32-26(29)23-21(19-14-12-18(13-15-19)17-8-4-3-5-9-17)16-33-25(23)27-24-20-10-6-7-11-22(20)34(30,31)28-24/h3-16H,2H2,1H3,(H,27,28). The number of fused-ring (bicyclic) bond motifs is 1. The van der Waals surface area contributed by atoms with Gasteiger partial charge in [-0.2, -0.15) is 8.42 Å². The summed E-state index contributed by atoms with van der Waals surface area (Å²) >= 11 is 1.30. The van der Waals surface area contributed by atoms with E-state index in [4.69, 9.17) is 4.74 Å². The number of carbonyl (C=O) groups is 1. The normalized spacial score (nSPS) is 13.7. The Kier molecular flexibility index (Phi) is 5.77. The van der Waals surface area contributed by atoms with Crippen LogP contribution in [0.3, 0.4) is 0 Å². The number of hydrogen-bond acceptors (Lipinski definition) is 6. The zero-order valence-electron chi connectivity index (χ0n) is 18.2. The number of amidine groups is 1. The van der Waals surface area contributed by atoms with Crippen LogP contribution in [0.2, 0.25) is 0 Å². The third-order valence-corrected chi connectivity index (χ3v) is 7.67. The van der Waals surface area contributed by atoms with Crippen molar-refractivity contribution < 1.29 is 17.9 Å². The molecule has 1 aromatic heterocycles. The summed E-state index contributed by atoms with van der Waals surface area (Å²) in [7, 11) is -3.78. The van der Waals surface area contributed by atoms with Crippen LogP contribution in [-0.2, 0) is 14.8 Å². The van der Waals surface area contributed by atoms with E-state index in [1.165, 1.54) is 17.4 Å². The van der Waals surface area contributed by atoms with Crippen LogP contribution in [0.4, 0.5) is 5.00 Å². The van der Waals surface area contributed by atoms with E-state index in [0.717, 1.165) is 16.7 Å². The van der Waals surface area contributed by atoms with Crippen LogP contribution in [0.25, 0.3) is 22.3 Å². The van der Waals surface area contributed by atoms with Crippen molar-refractivity contribution in [1.82, 2.24) is 0 Å². The van der Waals surface area contributed by atoms with Gasteiger partial charge in [-0.05, 0) is 35.7 Å². The molecule has 170 valence electrons. The molecular weight excluding hydrogens is 468 g/mol. The molecule has 0 aliphatic carbocycles. The predicted octanol–water partition coefficient (Wildman–Crippen LogP) is 5.82. The number of anilines is 1. The molecule has 0 radical (unpaired) electrons. The Morgan fingerprint density at radius 2 is 1.53 bits per heavy atom. The van der Waals surface area contributed by atoms with Crippen LogP contribution >= 0.6 is 11.3 Å². The second-order valence-electron chi connectivity index (χ2n) is 7.55. The van der Waals surface area contributed by atoms with Crippen molar-refractivity contribution in [3.05, 3.63) is 95.4 Å². The van der Waals surface area contributed by atoms with Gasteiger partial charge in [-0.15, -0.1) is 15.7 Å². The maximum atomic E-state index is 12.9. The lowest BCUT2D eigenvalue weighted by molar-refractivity contribution is 0.0529. The molecule has 0 amide bonds. The van der Waals surface area contributed by atoms with Gasteiger partial charge in [0.1, 0.15) is 15.5 Å². The van der Waals surface area contributed by atoms with E-state index in [9.17, 15) is 13.2 Å². The smallest absolute Gasteiger partial charge is 0.341 e. The second kappa shape index (κ2) is 8.89. The zero-order valence-corrected chi connectivity index (χ0v) is 19.8. The minimum absolute atomic E-state index is 0.142. The van der Waals surface area contributed by atoms with Gasteiger partial charge < -0.3 is 10.1 Å². The van der Waals surface area contributed by atoms with Crippen LogP contribution in [0.1, 0.15) is 22.8 Å². The van der Waals surface area contributed by atoms with Crippen LogP contribution in [0.15, 0.2) is 93.5 Å². The monoisotopic (exact) mass is 488 g/mol. The van der Waals surface area contributed by atoms with Crippen LogP contribution in [0.5, 0.6) is 0 Å². The largest absolute Gasteiger partial charge is 0.462 e. The molecule has 0 bridgehead atoms. The van der Waals surface area contributed by atoms with Gasteiger partial charge in [0.2, 0.25) is 0 Å². The first-order chi connectivity index (χ1) is 16.5. The lowest BCUT2D eigenvalue weighted by atomic mass is 9.99. The molecule has 0 atom stereocenters. The van der Waals surface area contributed by atoms with E-state index in [1.807, 2.05) is 60.0 Å². The van der Waals surface area contributed by atoms with Crippen molar-refractivity contribution in [2.45, 2.75) is 11.8 Å². The molecule has 8 heteroatoms. The maximum Gasteiger partial charge on any atom is 0.341 e. The average molecular weight is 489 g/mol. The minimum atomic E-state index is -3.78. The molecule has 2 heterocycles. The number of esters is 1. The quantitative estimate of drug-likeness (QED) is 0.358. The van der Waals surface area contributed by atoms with Crippen molar-refractivity contribution in [3.8, 4) is 22.3 Å². The van der Waals surface area contributed by atoms with Crippen molar-refractivity contribution in [1.29, 1.82) is 0 Å². The molecule has 1 aliphatic rings. The molecule has 4 aromatic rings. The molecule has 0 saturated heterocycles. The van der Waals surface area contributed by atoms with Crippen molar-refractivity contribution in [3.63, 3.8) is 0 Å². The van der Waals surface area contributed by atoms with Crippen LogP contribution < -0.4 is 5.32 Å². The number of nitrogens with one attached hydrogen (secondary N) is 1. The highest BCUT2D eigenvalue weighted by atomic mass is 32.2. The Morgan fingerprint density at radius 3 is 2.26 bits per heavy atom. The molecule has 0 fully saturated rings. The summed E-state index contributed by atoms with van der Waals surface area (Å²) in [6, 6.07) is 24.6. The Bertz CT molecular complexity index is 1510. The first kappa shape index (κ1) is 22.1. The number of ether oxygens (including phenoxy) is 1. The van der Waals surface area contributed by atoms with Crippen LogP contribution in [-0.4, -0.2) is 26.8 Å². The SMILES string of the molecule is CCOC(=O)c1c(-c2ccc(-c3ccccc3)cc2)csc1NC1=NS(=O)(=O)c2ccccc21. The molecule has 3 aromatic carbocycles. The van der Waals surface area contributed by atoms with Gasteiger partial charge in [0.05, 0.1) is 6.61 Å².